The summed E-state index contributed by atoms with van der Waals surface area (Å²) in [6.07, 6.45) is 0.722. The van der Waals surface area contributed by atoms with E-state index in [4.69, 9.17) is 5.73 Å². The predicted octanol–water partition coefficient (Wildman–Crippen LogP) is 5.37. The van der Waals surface area contributed by atoms with Gasteiger partial charge in [0.1, 0.15) is 16.3 Å². The van der Waals surface area contributed by atoms with Gasteiger partial charge in [0, 0.05) is 17.6 Å². The van der Waals surface area contributed by atoms with Crippen molar-refractivity contribution in [2.45, 2.75) is 75.5 Å². The van der Waals surface area contributed by atoms with Gasteiger partial charge < -0.3 is 10.3 Å². The standard InChI is InChI=1S/C25H28F4N4O3S/c1-14-11-20-17(12-18(14)26)21(23(30)34)22(33(20)15-7-5-4-6-8-15)19-10-9-16(13-31-19)37(35,36)32-24(2,3)25(27,28)29/h9-13,15,32H,4-8H2,1-3H3,(H2,30,34). The molecule has 0 saturated heterocycles. The van der Waals surface area contributed by atoms with Crippen molar-refractivity contribution < 1.29 is 30.8 Å². The molecule has 3 aromatic rings. The number of carbonyl (C=O) groups excluding carboxylic acids is 1. The molecule has 0 radical (unpaired) electrons. The van der Waals surface area contributed by atoms with Crippen molar-refractivity contribution in [2.75, 3.05) is 0 Å². The second-order valence-electron chi connectivity index (χ2n) is 9.98. The van der Waals surface area contributed by atoms with E-state index >= 15 is 0 Å². The first-order valence-electron chi connectivity index (χ1n) is 11.8. The number of fused-ring (bicyclic) bond motifs is 1. The van der Waals surface area contributed by atoms with E-state index in [-0.39, 0.29) is 17.3 Å². The number of carbonyl (C=O) groups is 1. The number of benzene rings is 1. The Kier molecular flexibility index (Phi) is 6.87. The number of nitrogens with two attached hydrogens (primary N) is 1. The van der Waals surface area contributed by atoms with Crippen LogP contribution >= 0.6 is 0 Å². The lowest BCUT2D eigenvalue weighted by Gasteiger charge is -2.28. The maximum atomic E-state index is 14.6. The number of primary amides is 1. The lowest BCUT2D eigenvalue weighted by molar-refractivity contribution is -0.180. The van der Waals surface area contributed by atoms with Crippen molar-refractivity contribution >= 4 is 26.8 Å². The molecule has 7 nitrogen and oxygen atoms in total. The number of pyridine rings is 1. The van der Waals surface area contributed by atoms with Crippen molar-refractivity contribution in [1.29, 1.82) is 0 Å². The third-order valence-electron chi connectivity index (χ3n) is 6.86. The normalized spacial score (nSPS) is 15.9. The molecule has 12 heteroatoms. The zero-order valence-corrected chi connectivity index (χ0v) is 21.4. The molecular weight excluding hydrogens is 512 g/mol. The van der Waals surface area contributed by atoms with Crippen molar-refractivity contribution in [3.63, 3.8) is 0 Å². The van der Waals surface area contributed by atoms with Crippen molar-refractivity contribution in [3.05, 3.63) is 47.4 Å². The van der Waals surface area contributed by atoms with Crippen LogP contribution in [0.2, 0.25) is 0 Å². The summed E-state index contributed by atoms with van der Waals surface area (Å²) < 4.78 is 83.2. The fraction of sp³-hybridized carbons (Fsp3) is 0.440. The maximum absolute atomic E-state index is 14.6. The largest absolute Gasteiger partial charge is 0.407 e. The van der Waals surface area contributed by atoms with Crippen LogP contribution < -0.4 is 10.5 Å². The second-order valence-corrected chi connectivity index (χ2v) is 11.7. The molecule has 1 saturated carbocycles. The summed E-state index contributed by atoms with van der Waals surface area (Å²) in [5.74, 6) is -1.31. The molecule has 37 heavy (non-hydrogen) atoms. The number of aryl methyl sites for hydroxylation is 1. The fourth-order valence-electron chi connectivity index (χ4n) is 4.79. The number of halogens is 4. The Morgan fingerprint density at radius 2 is 1.78 bits per heavy atom. The summed E-state index contributed by atoms with van der Waals surface area (Å²) in [6, 6.07) is 5.32. The number of amides is 1. The summed E-state index contributed by atoms with van der Waals surface area (Å²) in [5.41, 5.74) is 4.61. The summed E-state index contributed by atoms with van der Waals surface area (Å²) in [6.45, 7) is 3.05. The number of alkyl halides is 3. The Balaban J connectivity index is 1.88. The molecule has 1 amide bonds. The molecular formula is C25H28F4N4O3S. The highest BCUT2D eigenvalue weighted by Gasteiger charge is 2.49. The van der Waals surface area contributed by atoms with Crippen molar-refractivity contribution in [1.82, 2.24) is 14.3 Å². The lowest BCUT2D eigenvalue weighted by atomic mass is 9.94. The monoisotopic (exact) mass is 540 g/mol. The van der Waals surface area contributed by atoms with E-state index in [9.17, 15) is 30.8 Å². The van der Waals surface area contributed by atoms with Crippen LogP contribution in [0.25, 0.3) is 22.3 Å². The third-order valence-corrected chi connectivity index (χ3v) is 8.50. The molecule has 2 heterocycles. The van der Waals surface area contributed by atoms with E-state index in [0.29, 0.717) is 22.2 Å². The summed E-state index contributed by atoms with van der Waals surface area (Å²) in [5, 5.41) is 0.322. The Hall–Kier alpha value is -2.99. The minimum Gasteiger partial charge on any atom is -0.366 e. The van der Waals surface area contributed by atoms with E-state index in [2.05, 4.69) is 4.98 Å². The molecule has 2 aromatic heterocycles. The number of sulfonamides is 1. The van der Waals surface area contributed by atoms with Crippen LogP contribution in [-0.2, 0) is 10.0 Å². The highest BCUT2D eigenvalue weighted by Crippen LogP contribution is 2.41. The number of nitrogens with zero attached hydrogens (tertiary/aromatic N) is 2. The lowest BCUT2D eigenvalue weighted by Crippen LogP contribution is -2.54. The summed E-state index contributed by atoms with van der Waals surface area (Å²) in [4.78, 5) is 16.4. The molecule has 3 N–H and O–H groups in total. The molecule has 0 aliphatic heterocycles. The summed E-state index contributed by atoms with van der Waals surface area (Å²) >= 11 is 0. The van der Waals surface area contributed by atoms with Gasteiger partial charge in [-0.1, -0.05) is 19.3 Å². The van der Waals surface area contributed by atoms with Gasteiger partial charge >= 0.3 is 6.18 Å². The van der Waals surface area contributed by atoms with Gasteiger partial charge in [-0.05, 0) is 63.4 Å². The number of nitrogens with one attached hydrogen (secondary N) is 1. The SMILES string of the molecule is Cc1cc2c(cc1F)c(C(N)=O)c(-c1ccc(S(=O)(=O)NC(C)(C)C(F)(F)F)cn1)n2C1CCCCC1. The van der Waals surface area contributed by atoms with Gasteiger partial charge in [0.2, 0.25) is 10.0 Å². The van der Waals surface area contributed by atoms with Crippen LogP contribution in [0.5, 0.6) is 0 Å². The molecule has 1 aliphatic carbocycles. The van der Waals surface area contributed by atoms with Crippen LogP contribution in [0, 0.1) is 12.7 Å². The Morgan fingerprint density at radius 1 is 1.14 bits per heavy atom. The highest BCUT2D eigenvalue weighted by molar-refractivity contribution is 7.89. The fourth-order valence-corrected chi connectivity index (χ4v) is 6.13. The van der Waals surface area contributed by atoms with Gasteiger partial charge in [0.15, 0.2) is 0 Å². The number of rotatable bonds is 6. The second kappa shape index (κ2) is 9.39. The molecule has 0 bridgehead atoms. The van der Waals surface area contributed by atoms with Crippen LogP contribution in [0.4, 0.5) is 17.6 Å². The predicted molar refractivity (Wildman–Crippen MR) is 131 cm³/mol. The molecule has 1 fully saturated rings. The maximum Gasteiger partial charge on any atom is 0.407 e. The number of hydrogen-bond donors (Lipinski definition) is 2. The van der Waals surface area contributed by atoms with Gasteiger partial charge in [-0.15, -0.1) is 0 Å². The first kappa shape index (κ1) is 27.1. The zero-order valence-electron chi connectivity index (χ0n) is 20.6. The quantitative estimate of drug-likeness (QED) is 0.410. The first-order valence-corrected chi connectivity index (χ1v) is 13.3. The van der Waals surface area contributed by atoms with Crippen LogP contribution in [-0.4, -0.2) is 35.6 Å². The highest BCUT2D eigenvalue weighted by atomic mass is 32.2. The molecule has 0 unspecified atom stereocenters. The van der Waals surface area contributed by atoms with Crippen LogP contribution in [0.3, 0.4) is 0 Å². The Bertz CT molecular complexity index is 1460. The number of aromatic nitrogens is 2. The van der Waals surface area contributed by atoms with E-state index in [0.717, 1.165) is 58.2 Å². The van der Waals surface area contributed by atoms with Crippen LogP contribution in [0.15, 0.2) is 35.4 Å². The minimum absolute atomic E-state index is 0.0244. The molecule has 0 atom stereocenters. The zero-order chi connectivity index (χ0) is 27.3. The van der Waals surface area contributed by atoms with E-state index in [1.54, 1.807) is 17.7 Å². The van der Waals surface area contributed by atoms with Gasteiger partial charge in [0.05, 0.1) is 22.5 Å². The van der Waals surface area contributed by atoms with Crippen molar-refractivity contribution in [2.24, 2.45) is 5.73 Å². The Morgan fingerprint density at radius 3 is 2.32 bits per heavy atom. The average Bonchev–Trinajstić information content (AvgIpc) is 3.12. The first-order chi connectivity index (χ1) is 17.1. The minimum atomic E-state index is -4.82. The molecule has 0 spiro atoms. The molecule has 1 aromatic carbocycles. The van der Waals surface area contributed by atoms with Gasteiger partial charge in [0.25, 0.3) is 5.91 Å². The summed E-state index contributed by atoms with van der Waals surface area (Å²) in [7, 11) is -4.57. The smallest absolute Gasteiger partial charge is 0.366 e. The number of hydrogen-bond acceptors (Lipinski definition) is 4. The van der Waals surface area contributed by atoms with E-state index in [1.807, 2.05) is 4.57 Å². The van der Waals surface area contributed by atoms with Gasteiger partial charge in [-0.2, -0.15) is 17.9 Å². The van der Waals surface area contributed by atoms with Crippen LogP contribution in [0.1, 0.15) is 67.9 Å². The van der Waals surface area contributed by atoms with Gasteiger partial charge in [-0.3, -0.25) is 9.78 Å². The van der Waals surface area contributed by atoms with E-state index < -0.39 is 38.4 Å². The molecule has 200 valence electrons. The Labute approximate surface area is 212 Å². The third kappa shape index (κ3) is 4.96. The average molecular weight is 541 g/mol. The molecule has 1 aliphatic rings. The van der Waals surface area contributed by atoms with Crippen molar-refractivity contribution in [3.8, 4) is 11.4 Å². The topological polar surface area (TPSA) is 107 Å². The van der Waals surface area contributed by atoms with Gasteiger partial charge in [-0.25, -0.2) is 12.8 Å². The van der Waals surface area contributed by atoms with E-state index in [1.165, 1.54) is 12.1 Å². The molecule has 4 rings (SSSR count).